The Morgan fingerprint density at radius 3 is 2.46 bits per heavy atom. The summed E-state index contributed by atoms with van der Waals surface area (Å²) in [5.74, 6) is 0.636. The first-order chi connectivity index (χ1) is 13.4. The highest BCUT2D eigenvalue weighted by Gasteiger charge is 2.11. The molecule has 0 spiro atoms. The highest BCUT2D eigenvalue weighted by Crippen LogP contribution is 2.29. The van der Waals surface area contributed by atoms with Gasteiger partial charge in [-0.25, -0.2) is 0 Å². The molecule has 0 atom stereocenters. The summed E-state index contributed by atoms with van der Waals surface area (Å²) in [5.41, 5.74) is 2.70. The van der Waals surface area contributed by atoms with Crippen molar-refractivity contribution in [2.24, 2.45) is 0 Å². The maximum atomic E-state index is 12.4. The third kappa shape index (κ3) is 6.26. The van der Waals surface area contributed by atoms with E-state index in [1.54, 1.807) is 25.3 Å². The molecule has 0 heterocycles. The van der Waals surface area contributed by atoms with E-state index in [4.69, 9.17) is 9.47 Å². The van der Waals surface area contributed by atoms with E-state index in [-0.39, 0.29) is 17.4 Å². The zero-order valence-electron chi connectivity index (χ0n) is 16.0. The zero-order chi connectivity index (χ0) is 20.5. The number of halogens is 2. The fourth-order valence-corrected chi connectivity index (χ4v) is 2.60. The molecule has 1 N–H and O–H groups in total. The Bertz CT molecular complexity index is 837. The Balaban J connectivity index is 1.91. The van der Waals surface area contributed by atoms with Crippen molar-refractivity contribution < 1.29 is 27.8 Å². The number of rotatable bonds is 9. The standard InChI is InChI=1S/C21H23F2NO4/c1-14-4-7-17(26-2)16(12-14)6-9-20(25)24-11-10-15-5-8-18(28-21(22)23)19(13-15)27-3/h4-9,12-13,21H,10-11H2,1-3H3,(H,24,25)/b9-6+. The predicted molar refractivity (Wildman–Crippen MR) is 103 cm³/mol. The normalized spacial score (nSPS) is 10.9. The van der Waals surface area contributed by atoms with E-state index in [0.29, 0.717) is 18.7 Å². The molecule has 0 aliphatic rings. The van der Waals surface area contributed by atoms with Crippen molar-refractivity contribution in [2.75, 3.05) is 20.8 Å². The molecule has 2 aromatic rings. The summed E-state index contributed by atoms with van der Waals surface area (Å²) in [6.45, 7) is -0.576. The molecule has 7 heteroatoms. The van der Waals surface area contributed by atoms with Gasteiger partial charge >= 0.3 is 6.61 Å². The second-order valence-electron chi connectivity index (χ2n) is 5.98. The van der Waals surface area contributed by atoms with E-state index in [0.717, 1.165) is 16.7 Å². The van der Waals surface area contributed by atoms with Crippen molar-refractivity contribution in [3.8, 4) is 17.2 Å². The SMILES string of the molecule is COc1ccc(C)cc1/C=C/C(=O)NCCc1ccc(OC(F)F)c(OC)c1. The molecular weight excluding hydrogens is 368 g/mol. The van der Waals surface area contributed by atoms with Gasteiger partial charge in [0.05, 0.1) is 14.2 Å². The topological polar surface area (TPSA) is 56.8 Å². The molecule has 0 radical (unpaired) electrons. The van der Waals surface area contributed by atoms with Crippen molar-refractivity contribution in [3.05, 3.63) is 59.2 Å². The van der Waals surface area contributed by atoms with Crippen LogP contribution in [0.2, 0.25) is 0 Å². The Morgan fingerprint density at radius 2 is 1.79 bits per heavy atom. The number of hydrogen-bond donors (Lipinski definition) is 1. The fraction of sp³-hybridized carbons (Fsp3) is 0.286. The Labute approximate surface area is 162 Å². The lowest BCUT2D eigenvalue weighted by Crippen LogP contribution is -2.23. The fourth-order valence-electron chi connectivity index (χ4n) is 2.60. The largest absolute Gasteiger partial charge is 0.496 e. The highest BCUT2D eigenvalue weighted by molar-refractivity contribution is 5.92. The molecule has 0 bridgehead atoms. The number of benzene rings is 2. The summed E-state index contributed by atoms with van der Waals surface area (Å²) in [6, 6.07) is 10.4. The Morgan fingerprint density at radius 1 is 1.07 bits per heavy atom. The summed E-state index contributed by atoms with van der Waals surface area (Å²) in [7, 11) is 2.96. The Hall–Kier alpha value is -3.09. The predicted octanol–water partition coefficient (Wildman–Crippen LogP) is 3.99. The number of carbonyl (C=O) groups is 1. The molecule has 0 fully saturated rings. The van der Waals surface area contributed by atoms with Crippen molar-refractivity contribution in [1.29, 1.82) is 0 Å². The zero-order valence-corrected chi connectivity index (χ0v) is 16.0. The number of aryl methyl sites for hydroxylation is 1. The lowest BCUT2D eigenvalue weighted by Gasteiger charge is -2.11. The molecule has 150 valence electrons. The number of carbonyl (C=O) groups excluding carboxylic acids is 1. The molecule has 2 rings (SSSR count). The van der Waals surface area contributed by atoms with Crippen LogP contribution in [0.3, 0.4) is 0 Å². The van der Waals surface area contributed by atoms with Gasteiger partial charge in [0.15, 0.2) is 11.5 Å². The molecule has 28 heavy (non-hydrogen) atoms. The number of hydrogen-bond acceptors (Lipinski definition) is 4. The van der Waals surface area contributed by atoms with Gasteiger partial charge in [-0.05, 0) is 49.2 Å². The van der Waals surface area contributed by atoms with Crippen LogP contribution in [0.4, 0.5) is 8.78 Å². The van der Waals surface area contributed by atoms with E-state index in [9.17, 15) is 13.6 Å². The van der Waals surface area contributed by atoms with Gasteiger partial charge in [0.1, 0.15) is 5.75 Å². The first kappa shape index (κ1) is 21.2. The van der Waals surface area contributed by atoms with Crippen LogP contribution in [0.25, 0.3) is 6.08 Å². The molecule has 1 amide bonds. The summed E-state index contributed by atoms with van der Waals surface area (Å²) in [6.07, 6.45) is 3.65. The molecule has 5 nitrogen and oxygen atoms in total. The molecule has 0 aromatic heterocycles. The van der Waals surface area contributed by atoms with Crippen molar-refractivity contribution >= 4 is 12.0 Å². The number of methoxy groups -OCH3 is 2. The van der Waals surface area contributed by atoms with Gasteiger partial charge in [0.2, 0.25) is 5.91 Å². The van der Waals surface area contributed by atoms with Gasteiger partial charge in [-0.15, -0.1) is 0 Å². The van der Waals surface area contributed by atoms with Crippen LogP contribution in [0, 0.1) is 6.92 Å². The van der Waals surface area contributed by atoms with E-state index >= 15 is 0 Å². The van der Waals surface area contributed by atoms with Crippen LogP contribution in [0.15, 0.2) is 42.5 Å². The number of ether oxygens (including phenoxy) is 3. The quantitative estimate of drug-likeness (QED) is 0.657. The van der Waals surface area contributed by atoms with Gasteiger partial charge in [-0.3, -0.25) is 4.79 Å². The summed E-state index contributed by atoms with van der Waals surface area (Å²) in [5, 5.41) is 2.78. The molecular formula is C21H23F2NO4. The summed E-state index contributed by atoms with van der Waals surface area (Å²) < 4.78 is 39.4. The van der Waals surface area contributed by atoms with Gasteiger partial charge in [-0.2, -0.15) is 8.78 Å². The average molecular weight is 391 g/mol. The summed E-state index contributed by atoms with van der Waals surface area (Å²) >= 11 is 0. The highest BCUT2D eigenvalue weighted by atomic mass is 19.3. The maximum Gasteiger partial charge on any atom is 0.387 e. The monoisotopic (exact) mass is 391 g/mol. The lowest BCUT2D eigenvalue weighted by atomic mass is 10.1. The second-order valence-corrected chi connectivity index (χ2v) is 5.98. The van der Waals surface area contributed by atoms with E-state index in [1.165, 1.54) is 19.3 Å². The van der Waals surface area contributed by atoms with Gasteiger partial charge in [0, 0.05) is 18.2 Å². The van der Waals surface area contributed by atoms with Crippen molar-refractivity contribution in [2.45, 2.75) is 20.0 Å². The van der Waals surface area contributed by atoms with Crippen molar-refractivity contribution in [3.63, 3.8) is 0 Å². The van der Waals surface area contributed by atoms with Gasteiger partial charge in [0.25, 0.3) is 0 Å². The number of amides is 1. The van der Waals surface area contributed by atoms with E-state index in [1.807, 2.05) is 25.1 Å². The van der Waals surface area contributed by atoms with Crippen molar-refractivity contribution in [1.82, 2.24) is 5.32 Å². The average Bonchev–Trinajstić information content (AvgIpc) is 2.67. The van der Waals surface area contributed by atoms with Crippen LogP contribution in [-0.4, -0.2) is 33.3 Å². The molecule has 0 saturated heterocycles. The molecule has 0 saturated carbocycles. The lowest BCUT2D eigenvalue weighted by molar-refractivity contribution is -0.116. The summed E-state index contributed by atoms with van der Waals surface area (Å²) in [4.78, 5) is 12.0. The second kappa shape index (κ2) is 10.3. The first-order valence-electron chi connectivity index (χ1n) is 8.65. The number of alkyl halides is 2. The Kier molecular flexibility index (Phi) is 7.80. The minimum atomic E-state index is -2.92. The third-order valence-electron chi connectivity index (χ3n) is 3.96. The van der Waals surface area contributed by atoms with E-state index in [2.05, 4.69) is 10.1 Å². The number of nitrogens with one attached hydrogen (secondary N) is 1. The van der Waals surface area contributed by atoms with Crippen LogP contribution in [-0.2, 0) is 11.2 Å². The smallest absolute Gasteiger partial charge is 0.387 e. The molecule has 2 aromatic carbocycles. The third-order valence-corrected chi connectivity index (χ3v) is 3.96. The van der Waals surface area contributed by atoms with Gasteiger partial charge in [-0.1, -0.05) is 17.7 Å². The molecule has 0 aliphatic heterocycles. The minimum Gasteiger partial charge on any atom is -0.496 e. The maximum absolute atomic E-state index is 12.4. The van der Waals surface area contributed by atoms with Crippen LogP contribution in [0.5, 0.6) is 17.2 Å². The minimum absolute atomic E-state index is 0.0275. The van der Waals surface area contributed by atoms with Crippen LogP contribution in [0.1, 0.15) is 16.7 Å². The first-order valence-corrected chi connectivity index (χ1v) is 8.65. The van der Waals surface area contributed by atoms with Crippen LogP contribution >= 0.6 is 0 Å². The molecule has 0 aliphatic carbocycles. The molecule has 0 unspecified atom stereocenters. The van der Waals surface area contributed by atoms with Gasteiger partial charge < -0.3 is 19.5 Å². The van der Waals surface area contributed by atoms with E-state index < -0.39 is 6.61 Å². The van der Waals surface area contributed by atoms with Crippen LogP contribution < -0.4 is 19.5 Å².